The molecule has 1 aliphatic heterocycles. The zero-order valence-electron chi connectivity index (χ0n) is 15.5. The van der Waals surface area contributed by atoms with Gasteiger partial charge in [0, 0.05) is 31.1 Å². The lowest BCUT2D eigenvalue weighted by Gasteiger charge is -2.16. The molecular weight excluding hydrogens is 338 g/mol. The van der Waals surface area contributed by atoms with Crippen LogP contribution in [0.3, 0.4) is 0 Å². The minimum atomic E-state index is -0.0884. The fourth-order valence-electron chi connectivity index (χ4n) is 3.89. The number of likely N-dealkylation sites (tertiary alicyclic amines) is 1. The Hall–Kier alpha value is -2.72. The molecule has 2 heterocycles. The third-order valence-corrected chi connectivity index (χ3v) is 5.42. The Morgan fingerprint density at radius 2 is 2.07 bits per heavy atom. The van der Waals surface area contributed by atoms with Crippen molar-refractivity contribution in [2.45, 2.75) is 25.7 Å². The third-order valence-electron chi connectivity index (χ3n) is 5.42. The van der Waals surface area contributed by atoms with Gasteiger partial charge in [0.1, 0.15) is 5.58 Å². The molecule has 3 aromatic rings. The van der Waals surface area contributed by atoms with Crippen LogP contribution in [0.15, 0.2) is 64.0 Å². The van der Waals surface area contributed by atoms with Gasteiger partial charge >= 0.3 is 0 Å². The summed E-state index contributed by atoms with van der Waals surface area (Å²) in [5.41, 5.74) is 3.67. The van der Waals surface area contributed by atoms with Crippen molar-refractivity contribution in [3.63, 3.8) is 0 Å². The van der Waals surface area contributed by atoms with Gasteiger partial charge in [-0.15, -0.1) is 0 Å². The molecule has 1 unspecified atom stereocenters. The average molecular weight is 361 g/mol. The van der Waals surface area contributed by atoms with Gasteiger partial charge in [0.25, 0.3) is 0 Å². The Morgan fingerprint density at radius 3 is 2.93 bits per heavy atom. The maximum absolute atomic E-state index is 12.6. The normalized spacial score (nSPS) is 17.4. The summed E-state index contributed by atoms with van der Waals surface area (Å²) < 4.78 is 5.37. The second-order valence-electron chi connectivity index (χ2n) is 7.37. The first-order valence-electron chi connectivity index (χ1n) is 9.44. The van der Waals surface area contributed by atoms with Crippen LogP contribution >= 0.6 is 0 Å². The van der Waals surface area contributed by atoms with Gasteiger partial charge in [0.05, 0.1) is 11.6 Å². The van der Waals surface area contributed by atoms with Gasteiger partial charge in [-0.1, -0.05) is 35.9 Å². The van der Waals surface area contributed by atoms with Gasteiger partial charge in [0.15, 0.2) is 11.2 Å². The summed E-state index contributed by atoms with van der Waals surface area (Å²) in [4.78, 5) is 26.7. The SMILES string of the molecule is Cc1cccc(C2CCN(CCC(=O)c3ccc4c(=O)ccoc4c3)C2)c1. The lowest BCUT2D eigenvalue weighted by molar-refractivity contribution is 0.0968. The molecule has 1 aromatic heterocycles. The van der Waals surface area contributed by atoms with Crippen molar-refractivity contribution >= 4 is 16.8 Å². The largest absolute Gasteiger partial charge is 0.464 e. The number of carbonyl (C=O) groups excluding carboxylic acids is 1. The molecule has 0 saturated carbocycles. The summed E-state index contributed by atoms with van der Waals surface area (Å²) in [6, 6.07) is 15.2. The summed E-state index contributed by atoms with van der Waals surface area (Å²) in [5, 5.41) is 0.509. The van der Waals surface area contributed by atoms with Gasteiger partial charge in [-0.3, -0.25) is 9.59 Å². The van der Waals surface area contributed by atoms with E-state index in [4.69, 9.17) is 4.42 Å². The van der Waals surface area contributed by atoms with Crippen molar-refractivity contribution in [3.05, 3.63) is 81.7 Å². The Labute approximate surface area is 158 Å². The van der Waals surface area contributed by atoms with E-state index in [2.05, 4.69) is 36.1 Å². The van der Waals surface area contributed by atoms with Gasteiger partial charge in [-0.25, -0.2) is 0 Å². The molecule has 27 heavy (non-hydrogen) atoms. The number of aryl methyl sites for hydroxylation is 1. The molecule has 138 valence electrons. The second-order valence-corrected chi connectivity index (χ2v) is 7.37. The Morgan fingerprint density at radius 1 is 1.19 bits per heavy atom. The van der Waals surface area contributed by atoms with E-state index in [1.165, 1.54) is 23.5 Å². The van der Waals surface area contributed by atoms with Gasteiger partial charge in [-0.05, 0) is 43.5 Å². The fourth-order valence-corrected chi connectivity index (χ4v) is 3.89. The van der Waals surface area contributed by atoms with Crippen LogP contribution in [-0.4, -0.2) is 30.3 Å². The number of ketones is 1. The minimum absolute atomic E-state index is 0.0856. The molecule has 4 heteroatoms. The Bertz CT molecular complexity index is 1040. The van der Waals surface area contributed by atoms with Crippen molar-refractivity contribution in [3.8, 4) is 0 Å². The fraction of sp³-hybridized carbons (Fsp3) is 0.304. The number of benzene rings is 2. The summed E-state index contributed by atoms with van der Waals surface area (Å²) in [5.74, 6) is 0.636. The number of rotatable bonds is 5. The molecule has 1 fully saturated rings. The highest BCUT2D eigenvalue weighted by molar-refractivity contribution is 5.99. The monoisotopic (exact) mass is 361 g/mol. The third kappa shape index (κ3) is 3.86. The van der Waals surface area contributed by atoms with Crippen LogP contribution in [0.4, 0.5) is 0 Å². The average Bonchev–Trinajstić information content (AvgIpc) is 3.15. The lowest BCUT2D eigenvalue weighted by atomic mass is 9.97. The summed E-state index contributed by atoms with van der Waals surface area (Å²) in [6.07, 6.45) is 2.98. The van der Waals surface area contributed by atoms with E-state index in [0.717, 1.165) is 26.1 Å². The maximum Gasteiger partial charge on any atom is 0.192 e. The van der Waals surface area contributed by atoms with Gasteiger partial charge in [0.2, 0.25) is 0 Å². The topological polar surface area (TPSA) is 50.5 Å². The van der Waals surface area contributed by atoms with Crippen LogP contribution in [0.5, 0.6) is 0 Å². The zero-order chi connectivity index (χ0) is 18.8. The molecule has 1 atom stereocenters. The molecule has 0 spiro atoms. The molecule has 0 N–H and O–H groups in total. The quantitative estimate of drug-likeness (QED) is 0.640. The van der Waals surface area contributed by atoms with E-state index >= 15 is 0 Å². The zero-order valence-corrected chi connectivity index (χ0v) is 15.5. The van der Waals surface area contributed by atoms with Crippen LogP contribution in [0.1, 0.15) is 40.2 Å². The Balaban J connectivity index is 1.38. The van der Waals surface area contributed by atoms with E-state index in [1.807, 2.05) is 0 Å². The molecule has 0 radical (unpaired) electrons. The molecule has 0 amide bonds. The number of hydrogen-bond acceptors (Lipinski definition) is 4. The molecule has 4 nitrogen and oxygen atoms in total. The van der Waals surface area contributed by atoms with Crippen molar-refractivity contribution in [1.29, 1.82) is 0 Å². The number of fused-ring (bicyclic) bond motifs is 1. The highest BCUT2D eigenvalue weighted by atomic mass is 16.3. The predicted octanol–water partition coefficient (Wildman–Crippen LogP) is 4.16. The number of carbonyl (C=O) groups is 1. The minimum Gasteiger partial charge on any atom is -0.464 e. The second kappa shape index (κ2) is 7.49. The summed E-state index contributed by atoms with van der Waals surface area (Å²) in [7, 11) is 0. The summed E-state index contributed by atoms with van der Waals surface area (Å²) >= 11 is 0. The van der Waals surface area contributed by atoms with Crippen molar-refractivity contribution in [2.75, 3.05) is 19.6 Å². The molecular formula is C23H23NO3. The van der Waals surface area contributed by atoms with Gasteiger partial charge in [-0.2, -0.15) is 0 Å². The Kier molecular flexibility index (Phi) is 4.90. The van der Waals surface area contributed by atoms with Crippen LogP contribution in [0.2, 0.25) is 0 Å². The summed E-state index contributed by atoms with van der Waals surface area (Å²) in [6.45, 7) is 4.92. The predicted molar refractivity (Wildman–Crippen MR) is 106 cm³/mol. The highest BCUT2D eigenvalue weighted by Gasteiger charge is 2.24. The number of hydrogen-bond donors (Lipinski definition) is 0. The first kappa shape index (κ1) is 17.7. The van der Waals surface area contributed by atoms with E-state index < -0.39 is 0 Å². The molecule has 0 bridgehead atoms. The number of nitrogens with zero attached hydrogens (tertiary/aromatic N) is 1. The van der Waals surface area contributed by atoms with E-state index in [-0.39, 0.29) is 11.2 Å². The molecule has 1 saturated heterocycles. The maximum atomic E-state index is 12.6. The van der Waals surface area contributed by atoms with Crippen LogP contribution < -0.4 is 5.43 Å². The van der Waals surface area contributed by atoms with E-state index in [0.29, 0.717) is 28.9 Å². The molecule has 2 aromatic carbocycles. The number of Topliss-reactive ketones (excluding diaryl/α,β-unsaturated/α-hetero) is 1. The van der Waals surface area contributed by atoms with Crippen LogP contribution in [-0.2, 0) is 0 Å². The van der Waals surface area contributed by atoms with Crippen molar-refractivity contribution in [2.24, 2.45) is 0 Å². The first-order chi connectivity index (χ1) is 13.1. The molecule has 0 aliphatic carbocycles. The van der Waals surface area contributed by atoms with E-state index in [1.54, 1.807) is 18.2 Å². The molecule has 1 aliphatic rings. The standard InChI is InChI=1S/C23H23NO3/c1-16-3-2-4-17(13-16)19-7-10-24(15-19)11-8-21(25)18-5-6-20-22(26)9-12-27-23(20)14-18/h2-6,9,12-14,19H,7-8,10-11,15H2,1H3. The smallest absolute Gasteiger partial charge is 0.192 e. The van der Waals surface area contributed by atoms with Crippen molar-refractivity contribution < 1.29 is 9.21 Å². The lowest BCUT2D eigenvalue weighted by Crippen LogP contribution is -2.23. The van der Waals surface area contributed by atoms with Crippen LogP contribution in [0, 0.1) is 6.92 Å². The molecule has 4 rings (SSSR count). The van der Waals surface area contributed by atoms with Crippen molar-refractivity contribution in [1.82, 2.24) is 4.90 Å². The first-order valence-corrected chi connectivity index (χ1v) is 9.44. The van der Waals surface area contributed by atoms with Gasteiger partial charge < -0.3 is 9.32 Å². The van der Waals surface area contributed by atoms with E-state index in [9.17, 15) is 9.59 Å². The van der Waals surface area contributed by atoms with Crippen LogP contribution in [0.25, 0.3) is 11.0 Å². The highest BCUT2D eigenvalue weighted by Crippen LogP contribution is 2.27.